The van der Waals surface area contributed by atoms with E-state index in [1.165, 1.54) is 30.3 Å². The van der Waals surface area contributed by atoms with Crippen molar-refractivity contribution in [1.29, 1.82) is 0 Å². The van der Waals surface area contributed by atoms with Gasteiger partial charge in [-0.15, -0.1) is 0 Å². The van der Waals surface area contributed by atoms with Crippen molar-refractivity contribution < 1.29 is 17.6 Å². The minimum Gasteiger partial charge on any atom is -0.324 e. The van der Waals surface area contributed by atoms with Gasteiger partial charge in [0.2, 0.25) is 5.91 Å². The van der Waals surface area contributed by atoms with Crippen LogP contribution in [0.1, 0.15) is 19.4 Å². The van der Waals surface area contributed by atoms with E-state index < -0.39 is 27.8 Å². The number of nitrogens with zero attached hydrogens (tertiary/aromatic N) is 1. The number of rotatable bonds is 4. The molecule has 0 saturated carbocycles. The number of benzene rings is 2. The van der Waals surface area contributed by atoms with Gasteiger partial charge in [-0.05, 0) is 42.3 Å². The van der Waals surface area contributed by atoms with Gasteiger partial charge in [-0.25, -0.2) is 12.8 Å². The monoisotopic (exact) mass is 375 g/mol. The second-order valence-corrected chi connectivity index (χ2v) is 7.92. The van der Waals surface area contributed by atoms with Crippen LogP contribution in [0.25, 0.3) is 0 Å². The van der Waals surface area contributed by atoms with Gasteiger partial charge in [0, 0.05) is 11.3 Å². The molecule has 0 spiro atoms. The number of nitrogens with one attached hydrogen (secondary N) is 2. The molecule has 0 radical (unpaired) electrons. The highest BCUT2D eigenvalue weighted by atomic mass is 32.2. The molecule has 0 fully saturated rings. The molecule has 1 amide bonds. The fourth-order valence-corrected chi connectivity index (χ4v) is 3.87. The minimum absolute atomic E-state index is 0.139. The highest BCUT2D eigenvalue weighted by Crippen LogP contribution is 2.23. The molecule has 8 heteroatoms. The summed E-state index contributed by atoms with van der Waals surface area (Å²) in [5.74, 6) is -0.836. The lowest BCUT2D eigenvalue weighted by Gasteiger charge is -2.17. The number of aliphatic imine (C=N–C) groups is 1. The Bertz CT molecular complexity index is 969. The normalized spacial score (nSPS) is 17.6. The number of amides is 1. The van der Waals surface area contributed by atoms with E-state index in [0.717, 1.165) is 0 Å². The van der Waals surface area contributed by atoms with Crippen LogP contribution in [-0.2, 0) is 14.8 Å². The lowest BCUT2D eigenvalue weighted by atomic mass is 10.0. The third kappa shape index (κ3) is 3.60. The number of carbonyl (C=O) groups is 1. The summed E-state index contributed by atoms with van der Waals surface area (Å²) in [7, 11) is -3.67. The summed E-state index contributed by atoms with van der Waals surface area (Å²) < 4.78 is 39.8. The predicted molar refractivity (Wildman–Crippen MR) is 97.0 cm³/mol. The first-order valence-corrected chi connectivity index (χ1v) is 9.53. The maximum absolute atomic E-state index is 13.0. The second-order valence-electron chi connectivity index (χ2n) is 6.26. The SMILES string of the molecule is CC(C)[C@H](N=C1NS(=O)(=O)c2ccccc21)C(=O)Nc1ccc(F)cc1. The third-order valence-electron chi connectivity index (χ3n) is 3.94. The number of anilines is 1. The van der Waals surface area contributed by atoms with E-state index in [1.807, 2.05) is 13.8 Å². The predicted octanol–water partition coefficient (Wildman–Crippen LogP) is 2.53. The molecule has 2 N–H and O–H groups in total. The summed E-state index contributed by atoms with van der Waals surface area (Å²) >= 11 is 0. The number of hydrogen-bond donors (Lipinski definition) is 2. The first-order chi connectivity index (χ1) is 12.3. The fraction of sp³-hybridized carbons (Fsp3) is 0.222. The highest BCUT2D eigenvalue weighted by molar-refractivity contribution is 7.90. The Balaban J connectivity index is 1.91. The van der Waals surface area contributed by atoms with E-state index in [1.54, 1.807) is 18.2 Å². The fourth-order valence-electron chi connectivity index (χ4n) is 2.63. The molecule has 0 aliphatic carbocycles. The molecule has 26 heavy (non-hydrogen) atoms. The van der Waals surface area contributed by atoms with Gasteiger partial charge in [-0.1, -0.05) is 26.0 Å². The van der Waals surface area contributed by atoms with Crippen molar-refractivity contribution in [3.05, 3.63) is 59.9 Å². The average Bonchev–Trinajstić information content (AvgIpc) is 2.85. The number of fused-ring (bicyclic) bond motifs is 1. The van der Waals surface area contributed by atoms with Crippen LogP contribution < -0.4 is 10.0 Å². The Morgan fingerprint density at radius 3 is 2.42 bits per heavy atom. The number of amidine groups is 1. The van der Waals surface area contributed by atoms with Gasteiger partial charge in [0.1, 0.15) is 17.7 Å². The Morgan fingerprint density at radius 1 is 1.12 bits per heavy atom. The van der Waals surface area contributed by atoms with Crippen LogP contribution in [-0.4, -0.2) is 26.2 Å². The number of sulfonamides is 1. The van der Waals surface area contributed by atoms with Gasteiger partial charge in [0.25, 0.3) is 10.0 Å². The molecule has 136 valence electrons. The molecular formula is C18H18FN3O3S. The van der Waals surface area contributed by atoms with Crippen LogP contribution in [0.15, 0.2) is 58.4 Å². The van der Waals surface area contributed by atoms with Crippen molar-refractivity contribution in [1.82, 2.24) is 4.72 Å². The molecule has 1 aliphatic heterocycles. The molecule has 1 aliphatic rings. The van der Waals surface area contributed by atoms with Gasteiger partial charge in [0.15, 0.2) is 0 Å². The zero-order valence-electron chi connectivity index (χ0n) is 14.2. The van der Waals surface area contributed by atoms with E-state index in [4.69, 9.17) is 0 Å². The van der Waals surface area contributed by atoms with Gasteiger partial charge < -0.3 is 5.32 Å². The van der Waals surface area contributed by atoms with Crippen LogP contribution in [0, 0.1) is 11.7 Å². The van der Waals surface area contributed by atoms with Crippen molar-refractivity contribution in [3.63, 3.8) is 0 Å². The van der Waals surface area contributed by atoms with Crippen molar-refractivity contribution in [2.45, 2.75) is 24.8 Å². The molecule has 0 bridgehead atoms. The number of carbonyl (C=O) groups excluding carboxylic acids is 1. The van der Waals surface area contributed by atoms with Crippen molar-refractivity contribution in [2.75, 3.05) is 5.32 Å². The largest absolute Gasteiger partial charge is 0.324 e. The van der Waals surface area contributed by atoms with Crippen LogP contribution in [0.2, 0.25) is 0 Å². The van der Waals surface area contributed by atoms with Gasteiger partial charge in [-0.3, -0.25) is 14.5 Å². The van der Waals surface area contributed by atoms with Gasteiger partial charge in [0.05, 0.1) is 4.90 Å². The van der Waals surface area contributed by atoms with E-state index in [2.05, 4.69) is 15.0 Å². The van der Waals surface area contributed by atoms with E-state index in [9.17, 15) is 17.6 Å². The Hall–Kier alpha value is -2.74. The summed E-state index contributed by atoms with van der Waals surface area (Å²) in [5.41, 5.74) is 0.877. The maximum atomic E-state index is 13.0. The van der Waals surface area contributed by atoms with Crippen LogP contribution in [0.4, 0.5) is 10.1 Å². The molecule has 0 saturated heterocycles. The molecule has 2 aromatic carbocycles. The summed E-state index contributed by atoms with van der Waals surface area (Å²) in [5, 5.41) is 2.68. The van der Waals surface area contributed by atoms with E-state index >= 15 is 0 Å². The van der Waals surface area contributed by atoms with E-state index in [0.29, 0.717) is 11.3 Å². The molecular weight excluding hydrogens is 357 g/mol. The summed E-state index contributed by atoms with van der Waals surface area (Å²) in [6.45, 7) is 3.63. The molecule has 6 nitrogen and oxygen atoms in total. The lowest BCUT2D eigenvalue weighted by Crippen LogP contribution is -2.34. The first kappa shape index (κ1) is 18.1. The molecule has 1 atom stereocenters. The molecule has 0 aromatic heterocycles. The quantitative estimate of drug-likeness (QED) is 0.861. The third-order valence-corrected chi connectivity index (χ3v) is 5.34. The van der Waals surface area contributed by atoms with Crippen molar-refractivity contribution >= 4 is 27.5 Å². The summed E-state index contributed by atoms with van der Waals surface area (Å²) in [6, 6.07) is 11.0. The second kappa shape index (κ2) is 6.87. The first-order valence-electron chi connectivity index (χ1n) is 8.04. The topological polar surface area (TPSA) is 87.6 Å². The van der Waals surface area contributed by atoms with Crippen LogP contribution >= 0.6 is 0 Å². The zero-order chi connectivity index (χ0) is 18.9. The maximum Gasteiger partial charge on any atom is 0.263 e. The Kier molecular flexibility index (Phi) is 4.78. The van der Waals surface area contributed by atoms with Crippen LogP contribution in [0.5, 0.6) is 0 Å². The van der Waals surface area contributed by atoms with Crippen molar-refractivity contribution in [3.8, 4) is 0 Å². The number of hydrogen-bond acceptors (Lipinski definition) is 4. The molecule has 0 unspecified atom stereocenters. The minimum atomic E-state index is -3.67. The molecule has 3 rings (SSSR count). The Morgan fingerprint density at radius 2 is 1.77 bits per heavy atom. The number of halogens is 1. The average molecular weight is 375 g/mol. The van der Waals surface area contributed by atoms with E-state index in [-0.39, 0.29) is 16.6 Å². The molecule has 1 heterocycles. The smallest absolute Gasteiger partial charge is 0.263 e. The zero-order valence-corrected chi connectivity index (χ0v) is 15.0. The van der Waals surface area contributed by atoms with Crippen molar-refractivity contribution in [2.24, 2.45) is 10.9 Å². The summed E-state index contributed by atoms with van der Waals surface area (Å²) in [4.78, 5) is 17.1. The van der Waals surface area contributed by atoms with Gasteiger partial charge in [-0.2, -0.15) is 0 Å². The highest BCUT2D eigenvalue weighted by Gasteiger charge is 2.32. The standard InChI is InChI=1S/C18H18FN3O3S/c1-11(2)16(18(23)20-13-9-7-12(19)8-10-13)21-17-14-5-3-4-6-15(14)26(24,25)22-17/h3-11,16H,1-2H3,(H,20,23)(H,21,22)/t16-/m0/s1. The Labute approximate surface area is 151 Å². The summed E-state index contributed by atoms with van der Waals surface area (Å²) in [6.07, 6.45) is 0. The van der Waals surface area contributed by atoms with Gasteiger partial charge >= 0.3 is 0 Å². The molecule has 2 aromatic rings. The van der Waals surface area contributed by atoms with Crippen LogP contribution in [0.3, 0.4) is 0 Å². The lowest BCUT2D eigenvalue weighted by molar-refractivity contribution is -0.118.